The van der Waals surface area contributed by atoms with Crippen LogP contribution in [0.1, 0.15) is 12.8 Å². The summed E-state index contributed by atoms with van der Waals surface area (Å²) in [6, 6.07) is 3.75. The molecule has 4 rings (SSSR count). The maximum absolute atomic E-state index is 12.6. The van der Waals surface area contributed by atoms with Gasteiger partial charge in [0.25, 0.3) is 0 Å². The van der Waals surface area contributed by atoms with Crippen LogP contribution in [0.4, 0.5) is 5.82 Å². The van der Waals surface area contributed by atoms with Crippen molar-refractivity contribution in [2.45, 2.75) is 12.8 Å². The molecule has 0 atom stereocenters. The molecule has 2 aromatic rings. The Balaban J connectivity index is 1.34. The van der Waals surface area contributed by atoms with E-state index >= 15 is 0 Å². The molecule has 1 N–H and O–H groups in total. The standard InChI is InChI=1S/C16H20N8O2/c25-15-9-23(8-5-18-15)16(26)12-3-6-22(7-4-12)13-1-2-14(21-20-13)24-11-17-10-19-24/h1-2,10-12H,3-9H2,(H,18,25). The molecule has 0 bridgehead atoms. The van der Waals surface area contributed by atoms with Gasteiger partial charge >= 0.3 is 0 Å². The van der Waals surface area contributed by atoms with E-state index < -0.39 is 0 Å². The average Bonchev–Trinajstić information content (AvgIpc) is 3.23. The average molecular weight is 356 g/mol. The molecule has 0 radical (unpaired) electrons. The lowest BCUT2D eigenvalue weighted by Crippen LogP contribution is -2.52. The number of rotatable bonds is 3. The van der Waals surface area contributed by atoms with Gasteiger partial charge in [-0.3, -0.25) is 9.59 Å². The Morgan fingerprint density at radius 2 is 1.88 bits per heavy atom. The van der Waals surface area contributed by atoms with Crippen molar-refractivity contribution in [3.63, 3.8) is 0 Å². The number of piperazine rings is 1. The zero-order valence-electron chi connectivity index (χ0n) is 14.3. The van der Waals surface area contributed by atoms with Gasteiger partial charge in [-0.2, -0.15) is 5.10 Å². The molecule has 2 saturated heterocycles. The summed E-state index contributed by atoms with van der Waals surface area (Å²) in [6.45, 7) is 2.80. The molecule has 136 valence electrons. The summed E-state index contributed by atoms with van der Waals surface area (Å²) in [7, 11) is 0. The number of carbonyl (C=O) groups is 2. The van der Waals surface area contributed by atoms with Gasteiger partial charge in [0.1, 0.15) is 12.7 Å². The molecular formula is C16H20N8O2. The van der Waals surface area contributed by atoms with Crippen LogP contribution >= 0.6 is 0 Å². The van der Waals surface area contributed by atoms with Crippen molar-refractivity contribution in [3.05, 3.63) is 24.8 Å². The Bertz CT molecular complexity index is 768. The normalized spacial score (nSPS) is 18.7. The summed E-state index contributed by atoms with van der Waals surface area (Å²) in [5, 5.41) is 15.2. The van der Waals surface area contributed by atoms with Gasteiger partial charge in [0.2, 0.25) is 11.8 Å². The number of carbonyl (C=O) groups excluding carboxylic acids is 2. The lowest BCUT2D eigenvalue weighted by Gasteiger charge is -2.35. The Morgan fingerprint density at radius 1 is 1.12 bits per heavy atom. The topological polar surface area (TPSA) is 109 Å². The Kier molecular flexibility index (Phi) is 4.46. The molecule has 0 spiro atoms. The Labute approximate surface area is 150 Å². The van der Waals surface area contributed by atoms with Crippen LogP contribution in [0, 0.1) is 5.92 Å². The molecule has 0 aromatic carbocycles. The summed E-state index contributed by atoms with van der Waals surface area (Å²) < 4.78 is 1.55. The maximum atomic E-state index is 12.6. The quantitative estimate of drug-likeness (QED) is 0.769. The van der Waals surface area contributed by atoms with Crippen LogP contribution in [0.2, 0.25) is 0 Å². The van der Waals surface area contributed by atoms with Crippen LogP contribution in [0.15, 0.2) is 24.8 Å². The summed E-state index contributed by atoms with van der Waals surface area (Å²) in [5.74, 6) is 1.38. The van der Waals surface area contributed by atoms with Gasteiger partial charge in [0, 0.05) is 32.1 Å². The molecule has 2 aromatic heterocycles. The van der Waals surface area contributed by atoms with Gasteiger partial charge in [-0.15, -0.1) is 10.2 Å². The van der Waals surface area contributed by atoms with Crippen molar-refractivity contribution in [1.82, 2.24) is 35.2 Å². The number of amides is 2. The molecule has 0 aliphatic carbocycles. The van der Waals surface area contributed by atoms with E-state index in [-0.39, 0.29) is 24.3 Å². The third kappa shape index (κ3) is 3.35. The van der Waals surface area contributed by atoms with Crippen LogP contribution in [0.25, 0.3) is 5.82 Å². The highest BCUT2D eigenvalue weighted by molar-refractivity contribution is 5.87. The monoisotopic (exact) mass is 356 g/mol. The number of hydrogen-bond acceptors (Lipinski definition) is 7. The van der Waals surface area contributed by atoms with E-state index in [1.54, 1.807) is 15.9 Å². The van der Waals surface area contributed by atoms with Crippen molar-refractivity contribution in [2.75, 3.05) is 37.6 Å². The van der Waals surface area contributed by atoms with Gasteiger partial charge in [0.15, 0.2) is 11.6 Å². The van der Waals surface area contributed by atoms with Crippen molar-refractivity contribution in [1.29, 1.82) is 0 Å². The molecular weight excluding hydrogens is 336 g/mol. The van der Waals surface area contributed by atoms with Gasteiger partial charge in [-0.25, -0.2) is 9.67 Å². The number of piperidine rings is 1. The van der Waals surface area contributed by atoms with Gasteiger partial charge in [-0.05, 0) is 25.0 Å². The third-order valence-electron chi connectivity index (χ3n) is 4.81. The summed E-state index contributed by atoms with van der Waals surface area (Å²) in [4.78, 5) is 31.8. The van der Waals surface area contributed by atoms with Gasteiger partial charge in [-0.1, -0.05) is 0 Å². The lowest BCUT2D eigenvalue weighted by molar-refractivity contribution is -0.141. The van der Waals surface area contributed by atoms with Crippen LogP contribution < -0.4 is 10.2 Å². The number of nitrogens with one attached hydrogen (secondary N) is 1. The van der Waals surface area contributed by atoms with Gasteiger partial charge < -0.3 is 15.1 Å². The van der Waals surface area contributed by atoms with Gasteiger partial charge in [0.05, 0.1) is 6.54 Å². The fraction of sp³-hybridized carbons (Fsp3) is 0.500. The van der Waals surface area contributed by atoms with Crippen LogP contribution in [0.5, 0.6) is 0 Å². The van der Waals surface area contributed by atoms with E-state index in [4.69, 9.17) is 0 Å². The SMILES string of the molecule is O=C1CN(C(=O)C2CCN(c3ccc(-n4cncn4)nn3)CC2)CCN1. The predicted octanol–water partition coefficient (Wildman–Crippen LogP) is -0.768. The first-order valence-corrected chi connectivity index (χ1v) is 8.70. The van der Waals surface area contributed by atoms with Crippen LogP contribution in [-0.4, -0.2) is 74.4 Å². The van der Waals surface area contributed by atoms with Crippen molar-refractivity contribution < 1.29 is 9.59 Å². The first-order chi connectivity index (χ1) is 12.7. The summed E-state index contributed by atoms with van der Waals surface area (Å²) in [5.41, 5.74) is 0. The van der Waals surface area contributed by atoms with E-state index in [0.717, 1.165) is 31.7 Å². The van der Waals surface area contributed by atoms with E-state index in [1.807, 2.05) is 12.1 Å². The molecule has 10 heteroatoms. The van der Waals surface area contributed by atoms with Crippen LogP contribution in [0.3, 0.4) is 0 Å². The minimum Gasteiger partial charge on any atom is -0.355 e. The second-order valence-corrected chi connectivity index (χ2v) is 6.46. The first kappa shape index (κ1) is 16.4. The second-order valence-electron chi connectivity index (χ2n) is 6.46. The third-order valence-corrected chi connectivity index (χ3v) is 4.81. The fourth-order valence-corrected chi connectivity index (χ4v) is 3.38. The first-order valence-electron chi connectivity index (χ1n) is 8.70. The molecule has 2 aliphatic rings. The number of aromatic nitrogens is 5. The smallest absolute Gasteiger partial charge is 0.239 e. The molecule has 2 aliphatic heterocycles. The molecule has 2 amide bonds. The Morgan fingerprint density at radius 3 is 2.54 bits per heavy atom. The minimum absolute atomic E-state index is 0.0282. The zero-order chi connectivity index (χ0) is 17.9. The highest BCUT2D eigenvalue weighted by atomic mass is 16.2. The summed E-state index contributed by atoms with van der Waals surface area (Å²) in [6.07, 6.45) is 4.53. The highest BCUT2D eigenvalue weighted by Crippen LogP contribution is 2.23. The van der Waals surface area contributed by atoms with Crippen molar-refractivity contribution >= 4 is 17.6 Å². The molecule has 26 heavy (non-hydrogen) atoms. The summed E-state index contributed by atoms with van der Waals surface area (Å²) >= 11 is 0. The molecule has 0 unspecified atom stereocenters. The Hall–Kier alpha value is -3.04. The number of hydrogen-bond donors (Lipinski definition) is 1. The predicted molar refractivity (Wildman–Crippen MR) is 91.5 cm³/mol. The molecule has 10 nitrogen and oxygen atoms in total. The lowest BCUT2D eigenvalue weighted by atomic mass is 9.95. The molecule has 4 heterocycles. The molecule has 2 fully saturated rings. The number of anilines is 1. The van der Waals surface area contributed by atoms with E-state index in [9.17, 15) is 9.59 Å². The number of nitrogens with zero attached hydrogens (tertiary/aromatic N) is 7. The minimum atomic E-state index is -0.0789. The highest BCUT2D eigenvalue weighted by Gasteiger charge is 2.31. The van der Waals surface area contributed by atoms with Crippen molar-refractivity contribution in [2.24, 2.45) is 5.92 Å². The van der Waals surface area contributed by atoms with E-state index in [1.165, 1.54) is 6.33 Å². The second kappa shape index (κ2) is 7.06. The van der Waals surface area contributed by atoms with E-state index in [2.05, 4.69) is 30.5 Å². The largest absolute Gasteiger partial charge is 0.355 e. The fourth-order valence-electron chi connectivity index (χ4n) is 3.38. The van der Waals surface area contributed by atoms with Crippen LogP contribution in [-0.2, 0) is 9.59 Å². The zero-order valence-corrected chi connectivity index (χ0v) is 14.3. The van der Waals surface area contributed by atoms with Crippen molar-refractivity contribution in [3.8, 4) is 5.82 Å². The van der Waals surface area contributed by atoms with E-state index in [0.29, 0.717) is 18.9 Å². The maximum Gasteiger partial charge on any atom is 0.239 e. The molecule has 0 saturated carbocycles.